The summed E-state index contributed by atoms with van der Waals surface area (Å²) < 4.78 is 2.15. The number of nitrogens with zero attached hydrogens (tertiary/aromatic N) is 3. The van der Waals surface area contributed by atoms with Gasteiger partial charge in [0.2, 0.25) is 0 Å². The van der Waals surface area contributed by atoms with Crippen LogP contribution < -0.4 is 4.90 Å². The first-order valence-corrected chi connectivity index (χ1v) is 8.24. The molecule has 0 saturated heterocycles. The Hall–Kier alpha value is -2.29. The van der Waals surface area contributed by atoms with Crippen LogP contribution in [0.4, 0.5) is 5.69 Å². The second-order valence-electron chi connectivity index (χ2n) is 6.04. The van der Waals surface area contributed by atoms with Gasteiger partial charge in [0.05, 0.1) is 12.0 Å². The van der Waals surface area contributed by atoms with Crippen molar-refractivity contribution in [2.24, 2.45) is 0 Å². The lowest BCUT2D eigenvalue weighted by atomic mass is 10.1. The summed E-state index contributed by atoms with van der Waals surface area (Å²) in [6, 6.07) is 8.61. The lowest BCUT2D eigenvalue weighted by Crippen LogP contribution is -2.08. The monoisotopic (exact) mass is 309 g/mol. The molecule has 0 aliphatic heterocycles. The van der Waals surface area contributed by atoms with Gasteiger partial charge in [0.15, 0.2) is 0 Å². The molecule has 122 valence electrons. The first-order valence-electron chi connectivity index (χ1n) is 8.24. The zero-order chi connectivity index (χ0) is 16.7. The van der Waals surface area contributed by atoms with Crippen LogP contribution in [0.5, 0.6) is 0 Å². The molecule has 0 spiro atoms. The molecule has 3 heteroatoms. The van der Waals surface area contributed by atoms with Crippen molar-refractivity contribution in [1.82, 2.24) is 9.55 Å². The SMILES string of the molecule is CCCCn1cnc(/C=C\C=C(/C)c2ccc(N(C)C)cc2)c1. The summed E-state index contributed by atoms with van der Waals surface area (Å²) in [5.74, 6) is 0. The lowest BCUT2D eigenvalue weighted by Gasteiger charge is -2.12. The second kappa shape index (κ2) is 8.37. The van der Waals surface area contributed by atoms with Crippen LogP contribution in [-0.2, 0) is 6.54 Å². The van der Waals surface area contributed by atoms with E-state index in [0.717, 1.165) is 12.2 Å². The van der Waals surface area contributed by atoms with Gasteiger partial charge in [-0.05, 0) is 42.7 Å². The van der Waals surface area contributed by atoms with Crippen molar-refractivity contribution in [1.29, 1.82) is 0 Å². The van der Waals surface area contributed by atoms with E-state index in [-0.39, 0.29) is 0 Å². The Morgan fingerprint density at radius 3 is 2.61 bits per heavy atom. The summed E-state index contributed by atoms with van der Waals surface area (Å²) in [4.78, 5) is 6.52. The van der Waals surface area contributed by atoms with Gasteiger partial charge in [-0.2, -0.15) is 0 Å². The van der Waals surface area contributed by atoms with E-state index in [1.165, 1.54) is 29.7 Å². The zero-order valence-corrected chi connectivity index (χ0v) is 14.7. The number of allylic oxidation sites excluding steroid dienone is 3. The third-order valence-corrected chi connectivity index (χ3v) is 3.88. The average molecular weight is 309 g/mol. The molecule has 0 N–H and O–H groups in total. The molecule has 1 aromatic heterocycles. The summed E-state index contributed by atoms with van der Waals surface area (Å²) in [5, 5.41) is 0. The summed E-state index contributed by atoms with van der Waals surface area (Å²) in [5.41, 5.74) is 4.72. The fraction of sp³-hybridized carbons (Fsp3) is 0.350. The largest absolute Gasteiger partial charge is 0.378 e. The Kier molecular flexibility index (Phi) is 6.21. The molecule has 0 saturated carbocycles. The van der Waals surface area contributed by atoms with Gasteiger partial charge in [-0.15, -0.1) is 0 Å². The van der Waals surface area contributed by atoms with Crippen molar-refractivity contribution < 1.29 is 0 Å². The Morgan fingerprint density at radius 2 is 1.96 bits per heavy atom. The minimum absolute atomic E-state index is 1.01. The first-order chi connectivity index (χ1) is 11.1. The second-order valence-corrected chi connectivity index (χ2v) is 6.04. The lowest BCUT2D eigenvalue weighted by molar-refractivity contribution is 0.631. The predicted octanol–water partition coefficient (Wildman–Crippen LogP) is 4.87. The first kappa shape index (κ1) is 17.1. The van der Waals surface area contributed by atoms with Gasteiger partial charge in [0.1, 0.15) is 0 Å². The molecule has 0 amide bonds. The number of hydrogen-bond donors (Lipinski definition) is 0. The molecule has 0 bridgehead atoms. The van der Waals surface area contributed by atoms with Gasteiger partial charge in [0, 0.05) is 32.5 Å². The number of unbranched alkanes of at least 4 members (excludes halogenated alkanes) is 1. The average Bonchev–Trinajstić information content (AvgIpc) is 3.00. The standard InChI is InChI=1S/C20H27N3/c1-5-6-14-23-15-19(21-16-23)9-7-8-17(2)18-10-12-20(13-11-18)22(3)4/h7-13,15-16H,5-6,14H2,1-4H3/b9-7-,17-8+. The van der Waals surface area contributed by atoms with Crippen LogP contribution in [0.1, 0.15) is 37.9 Å². The Bertz CT molecular complexity index is 660. The highest BCUT2D eigenvalue weighted by molar-refractivity contribution is 5.68. The summed E-state index contributed by atoms with van der Waals surface area (Å²) in [6.45, 7) is 5.38. The molecule has 0 aliphatic rings. The predicted molar refractivity (Wildman–Crippen MR) is 101 cm³/mol. The van der Waals surface area contributed by atoms with Crippen molar-refractivity contribution in [3.63, 3.8) is 0 Å². The smallest absolute Gasteiger partial charge is 0.0953 e. The van der Waals surface area contributed by atoms with Gasteiger partial charge in [-0.3, -0.25) is 0 Å². The number of anilines is 1. The molecule has 0 fully saturated rings. The van der Waals surface area contributed by atoms with Crippen LogP contribution in [0.25, 0.3) is 11.6 Å². The third kappa shape index (κ3) is 5.13. The maximum atomic E-state index is 4.41. The van der Waals surface area contributed by atoms with E-state index in [0.29, 0.717) is 0 Å². The normalized spacial score (nSPS) is 12.1. The van der Waals surface area contributed by atoms with Crippen molar-refractivity contribution >= 4 is 17.3 Å². The van der Waals surface area contributed by atoms with E-state index < -0.39 is 0 Å². The molecule has 2 aromatic rings. The summed E-state index contributed by atoms with van der Waals surface area (Å²) in [7, 11) is 4.11. The van der Waals surface area contributed by atoms with Crippen LogP contribution in [0.15, 0.2) is 48.9 Å². The molecule has 1 heterocycles. The van der Waals surface area contributed by atoms with E-state index in [4.69, 9.17) is 0 Å². The minimum Gasteiger partial charge on any atom is -0.378 e. The third-order valence-electron chi connectivity index (χ3n) is 3.88. The molecule has 1 aromatic carbocycles. The Labute approximate surface area is 140 Å². The highest BCUT2D eigenvalue weighted by Crippen LogP contribution is 2.18. The van der Waals surface area contributed by atoms with E-state index in [1.54, 1.807) is 0 Å². The number of benzene rings is 1. The van der Waals surface area contributed by atoms with Gasteiger partial charge in [-0.1, -0.05) is 37.6 Å². The highest BCUT2D eigenvalue weighted by Gasteiger charge is 1.98. The molecule has 0 unspecified atom stereocenters. The fourth-order valence-electron chi connectivity index (χ4n) is 2.34. The van der Waals surface area contributed by atoms with Crippen LogP contribution in [0.3, 0.4) is 0 Å². The highest BCUT2D eigenvalue weighted by atomic mass is 15.1. The number of aromatic nitrogens is 2. The topological polar surface area (TPSA) is 21.1 Å². The fourth-order valence-corrected chi connectivity index (χ4v) is 2.34. The van der Waals surface area contributed by atoms with Gasteiger partial charge in [0.25, 0.3) is 0 Å². The van der Waals surface area contributed by atoms with Crippen molar-refractivity contribution in [2.45, 2.75) is 33.2 Å². The molecule has 2 rings (SSSR count). The van der Waals surface area contributed by atoms with E-state index in [1.807, 2.05) is 6.33 Å². The molecular formula is C20H27N3. The Balaban J connectivity index is 1.99. The van der Waals surface area contributed by atoms with Crippen molar-refractivity contribution in [2.75, 3.05) is 19.0 Å². The summed E-state index contributed by atoms with van der Waals surface area (Å²) >= 11 is 0. The van der Waals surface area contributed by atoms with Gasteiger partial charge < -0.3 is 9.47 Å². The van der Waals surface area contributed by atoms with Gasteiger partial charge in [-0.25, -0.2) is 4.98 Å². The molecule has 0 aliphatic carbocycles. The van der Waals surface area contributed by atoms with Crippen LogP contribution in [-0.4, -0.2) is 23.6 Å². The van der Waals surface area contributed by atoms with E-state index in [9.17, 15) is 0 Å². The number of aryl methyl sites for hydroxylation is 1. The van der Waals surface area contributed by atoms with Gasteiger partial charge >= 0.3 is 0 Å². The maximum absolute atomic E-state index is 4.41. The summed E-state index contributed by atoms with van der Waals surface area (Å²) in [6.07, 6.45) is 12.7. The molecule has 3 nitrogen and oxygen atoms in total. The molecule has 0 radical (unpaired) electrons. The van der Waals surface area contributed by atoms with Crippen LogP contribution in [0.2, 0.25) is 0 Å². The number of rotatable bonds is 7. The number of hydrogen-bond acceptors (Lipinski definition) is 2. The minimum atomic E-state index is 1.01. The molecule has 0 atom stereocenters. The van der Waals surface area contributed by atoms with Crippen LogP contribution in [0, 0.1) is 0 Å². The number of imidazole rings is 1. The van der Waals surface area contributed by atoms with Crippen LogP contribution >= 0.6 is 0 Å². The molecule has 23 heavy (non-hydrogen) atoms. The van der Waals surface area contributed by atoms with E-state index >= 15 is 0 Å². The quantitative estimate of drug-likeness (QED) is 0.681. The Morgan fingerprint density at radius 1 is 1.22 bits per heavy atom. The zero-order valence-electron chi connectivity index (χ0n) is 14.7. The molecular weight excluding hydrogens is 282 g/mol. The van der Waals surface area contributed by atoms with Crippen molar-refractivity contribution in [3.8, 4) is 0 Å². The van der Waals surface area contributed by atoms with E-state index in [2.05, 4.69) is 91.1 Å². The van der Waals surface area contributed by atoms with Crippen molar-refractivity contribution in [3.05, 3.63) is 60.2 Å². The maximum Gasteiger partial charge on any atom is 0.0953 e.